The van der Waals surface area contributed by atoms with Crippen LogP contribution in [0.5, 0.6) is 0 Å². The number of hydrogen-bond acceptors (Lipinski definition) is 3. The van der Waals surface area contributed by atoms with Gasteiger partial charge >= 0.3 is 5.97 Å². The van der Waals surface area contributed by atoms with E-state index in [4.69, 9.17) is 10.5 Å². The predicted molar refractivity (Wildman–Crippen MR) is 39.8 cm³/mol. The van der Waals surface area contributed by atoms with Crippen LogP contribution in [0.4, 0.5) is 4.39 Å². The largest absolute Gasteiger partial charge is 0.457 e. The third-order valence-corrected chi connectivity index (χ3v) is 1.37. The molecule has 0 unspecified atom stereocenters. The number of hydrogen-bond donors (Lipinski definition) is 1. The molecule has 0 aliphatic heterocycles. The molecule has 0 rings (SSSR count). The van der Waals surface area contributed by atoms with Crippen LogP contribution in [0.1, 0.15) is 20.8 Å². The summed E-state index contributed by atoms with van der Waals surface area (Å²) in [6.45, 7) is 4.09. The van der Waals surface area contributed by atoms with Crippen LogP contribution < -0.4 is 5.73 Å². The highest BCUT2D eigenvalue weighted by Gasteiger charge is 2.31. The normalized spacial score (nSPS) is 14.3. The number of carbonyl (C=O) groups excluding carboxylic acids is 1. The van der Waals surface area contributed by atoms with Crippen LogP contribution in [0, 0.1) is 0 Å². The molecule has 0 radical (unpaired) electrons. The fraction of sp³-hybridized carbons (Fsp3) is 0.857. The number of rotatable bonds is 3. The monoisotopic (exact) mass is 163 g/mol. The molecule has 4 heteroatoms. The molecule has 0 saturated heterocycles. The molecule has 66 valence electrons. The molecule has 0 bridgehead atoms. The Morgan fingerprint density at radius 3 is 2.45 bits per heavy atom. The second-order valence-electron chi connectivity index (χ2n) is 2.90. The summed E-state index contributed by atoms with van der Waals surface area (Å²) in [6, 6.07) is 0. The van der Waals surface area contributed by atoms with Crippen LogP contribution in [-0.2, 0) is 9.53 Å². The number of carbonyl (C=O) groups is 1. The molecule has 2 N–H and O–H groups in total. The Labute approximate surface area is 65.7 Å². The predicted octanol–water partition coefficient (Wildman–Crippen LogP) is 0.625. The van der Waals surface area contributed by atoms with Gasteiger partial charge in [0.1, 0.15) is 5.60 Å². The molecular formula is C7H14FNO2. The Bertz CT molecular complexity index is 147. The van der Waals surface area contributed by atoms with E-state index in [1.54, 1.807) is 0 Å². The zero-order chi connectivity index (χ0) is 9.07. The SMILES string of the molecule is CC(=O)OC(C)(C)[C@H](F)CN. The molecule has 0 aromatic rings. The molecule has 3 nitrogen and oxygen atoms in total. The van der Waals surface area contributed by atoms with Crippen LogP contribution in [0.3, 0.4) is 0 Å². The first-order chi connectivity index (χ1) is 4.90. The van der Waals surface area contributed by atoms with E-state index in [0.29, 0.717) is 0 Å². The molecule has 0 fully saturated rings. The molecular weight excluding hydrogens is 149 g/mol. The minimum atomic E-state index is -1.31. The van der Waals surface area contributed by atoms with Crippen LogP contribution in [0.15, 0.2) is 0 Å². The van der Waals surface area contributed by atoms with Gasteiger partial charge in [-0.3, -0.25) is 4.79 Å². The summed E-state index contributed by atoms with van der Waals surface area (Å²) < 4.78 is 17.6. The lowest BCUT2D eigenvalue weighted by Crippen LogP contribution is -2.42. The van der Waals surface area contributed by atoms with E-state index in [1.807, 2.05) is 0 Å². The highest BCUT2D eigenvalue weighted by molar-refractivity contribution is 5.66. The fourth-order valence-corrected chi connectivity index (χ4v) is 0.718. The van der Waals surface area contributed by atoms with E-state index in [0.717, 1.165) is 0 Å². The summed E-state index contributed by atoms with van der Waals surface area (Å²) in [4.78, 5) is 10.5. The van der Waals surface area contributed by atoms with Gasteiger partial charge in [-0.1, -0.05) is 0 Å². The topological polar surface area (TPSA) is 52.3 Å². The van der Waals surface area contributed by atoms with Crippen LogP contribution in [0.25, 0.3) is 0 Å². The molecule has 0 aliphatic carbocycles. The second-order valence-corrected chi connectivity index (χ2v) is 2.90. The van der Waals surface area contributed by atoms with Crippen molar-refractivity contribution in [2.45, 2.75) is 32.5 Å². The average molecular weight is 163 g/mol. The minimum absolute atomic E-state index is 0.139. The number of ether oxygens (including phenoxy) is 1. The summed E-state index contributed by atoms with van der Waals surface area (Å²) >= 11 is 0. The zero-order valence-corrected chi connectivity index (χ0v) is 7.06. The van der Waals surface area contributed by atoms with Gasteiger partial charge in [-0.15, -0.1) is 0 Å². The first-order valence-electron chi connectivity index (χ1n) is 3.44. The molecule has 0 spiro atoms. The molecule has 1 atom stereocenters. The Hall–Kier alpha value is -0.640. The second kappa shape index (κ2) is 3.67. The van der Waals surface area contributed by atoms with E-state index in [-0.39, 0.29) is 6.54 Å². The molecule has 0 saturated carbocycles. The smallest absolute Gasteiger partial charge is 0.303 e. The van der Waals surface area contributed by atoms with Crippen LogP contribution >= 0.6 is 0 Å². The van der Waals surface area contributed by atoms with Gasteiger partial charge in [0, 0.05) is 13.5 Å². The van der Waals surface area contributed by atoms with Crippen molar-refractivity contribution in [1.29, 1.82) is 0 Å². The molecule has 11 heavy (non-hydrogen) atoms. The van der Waals surface area contributed by atoms with Crippen molar-refractivity contribution in [1.82, 2.24) is 0 Å². The summed E-state index contributed by atoms with van der Waals surface area (Å²) in [7, 11) is 0. The Morgan fingerprint density at radius 2 is 2.18 bits per heavy atom. The summed E-state index contributed by atoms with van der Waals surface area (Å²) in [5, 5.41) is 0. The number of halogens is 1. The van der Waals surface area contributed by atoms with Crippen LogP contribution in [-0.4, -0.2) is 24.3 Å². The molecule has 0 heterocycles. The maximum absolute atomic E-state index is 12.9. The van der Waals surface area contributed by atoms with E-state index in [2.05, 4.69) is 0 Å². The Balaban J connectivity index is 4.08. The fourth-order valence-electron chi connectivity index (χ4n) is 0.718. The van der Waals surface area contributed by atoms with Crippen molar-refractivity contribution in [2.75, 3.05) is 6.54 Å². The standard InChI is InChI=1S/C7H14FNO2/c1-5(10)11-7(2,3)6(8)4-9/h6H,4,9H2,1-3H3/t6-/m1/s1. The third kappa shape index (κ3) is 3.32. The van der Waals surface area contributed by atoms with Gasteiger partial charge in [0.15, 0.2) is 6.17 Å². The zero-order valence-electron chi connectivity index (χ0n) is 7.06. The van der Waals surface area contributed by atoms with E-state index in [9.17, 15) is 9.18 Å². The third-order valence-electron chi connectivity index (χ3n) is 1.37. The molecule has 0 amide bonds. The first kappa shape index (κ1) is 10.4. The van der Waals surface area contributed by atoms with Crippen molar-refractivity contribution in [2.24, 2.45) is 5.73 Å². The van der Waals surface area contributed by atoms with E-state index < -0.39 is 17.7 Å². The average Bonchev–Trinajstić information content (AvgIpc) is 1.83. The lowest BCUT2D eigenvalue weighted by Gasteiger charge is -2.27. The van der Waals surface area contributed by atoms with E-state index in [1.165, 1.54) is 20.8 Å². The Kier molecular flexibility index (Phi) is 3.45. The van der Waals surface area contributed by atoms with Gasteiger partial charge in [-0.25, -0.2) is 4.39 Å². The quantitative estimate of drug-likeness (QED) is 0.621. The van der Waals surface area contributed by atoms with Crippen molar-refractivity contribution in [3.63, 3.8) is 0 Å². The van der Waals surface area contributed by atoms with Gasteiger partial charge in [0.05, 0.1) is 0 Å². The van der Waals surface area contributed by atoms with Gasteiger partial charge in [-0.2, -0.15) is 0 Å². The van der Waals surface area contributed by atoms with Gasteiger partial charge in [-0.05, 0) is 13.8 Å². The number of alkyl halides is 1. The maximum Gasteiger partial charge on any atom is 0.303 e. The molecule has 0 aromatic heterocycles. The van der Waals surface area contributed by atoms with Gasteiger partial charge in [0.25, 0.3) is 0 Å². The number of nitrogens with two attached hydrogens (primary N) is 1. The van der Waals surface area contributed by atoms with Crippen molar-refractivity contribution in [3.05, 3.63) is 0 Å². The van der Waals surface area contributed by atoms with Gasteiger partial charge in [0.2, 0.25) is 0 Å². The Morgan fingerprint density at radius 1 is 1.73 bits per heavy atom. The highest BCUT2D eigenvalue weighted by atomic mass is 19.1. The van der Waals surface area contributed by atoms with E-state index >= 15 is 0 Å². The highest BCUT2D eigenvalue weighted by Crippen LogP contribution is 2.17. The van der Waals surface area contributed by atoms with Gasteiger partial charge < -0.3 is 10.5 Å². The summed E-state index contributed by atoms with van der Waals surface area (Å²) in [5.41, 5.74) is 3.96. The summed E-state index contributed by atoms with van der Waals surface area (Å²) in [5.74, 6) is -0.494. The summed E-state index contributed by atoms with van der Waals surface area (Å²) in [6.07, 6.45) is -1.31. The van der Waals surface area contributed by atoms with Crippen LogP contribution in [0.2, 0.25) is 0 Å². The molecule has 0 aliphatic rings. The first-order valence-corrected chi connectivity index (χ1v) is 3.44. The van der Waals surface area contributed by atoms with Crippen molar-refractivity contribution >= 4 is 5.97 Å². The van der Waals surface area contributed by atoms with Crippen molar-refractivity contribution < 1.29 is 13.9 Å². The molecule has 0 aromatic carbocycles. The lowest BCUT2D eigenvalue weighted by atomic mass is 10.0. The van der Waals surface area contributed by atoms with Crippen molar-refractivity contribution in [3.8, 4) is 0 Å². The lowest BCUT2D eigenvalue weighted by molar-refractivity contribution is -0.159. The minimum Gasteiger partial charge on any atom is -0.457 e. The number of esters is 1. The maximum atomic E-state index is 12.9.